The molecule has 0 aromatic heterocycles. The van der Waals surface area contributed by atoms with Crippen molar-refractivity contribution >= 4 is 17.5 Å². The van der Waals surface area contributed by atoms with E-state index in [1.807, 2.05) is 54.6 Å². The molecule has 2 aromatic carbocycles. The highest BCUT2D eigenvalue weighted by molar-refractivity contribution is 5.99. The first-order valence-corrected chi connectivity index (χ1v) is 8.77. The van der Waals surface area contributed by atoms with E-state index in [9.17, 15) is 9.59 Å². The van der Waals surface area contributed by atoms with Crippen LogP contribution in [-0.4, -0.2) is 29.8 Å². The fourth-order valence-electron chi connectivity index (χ4n) is 3.26. The largest absolute Gasteiger partial charge is 0.342 e. The zero-order chi connectivity index (χ0) is 17.8. The molecule has 1 fully saturated rings. The summed E-state index contributed by atoms with van der Waals surface area (Å²) >= 11 is 0. The molecule has 25 heavy (non-hydrogen) atoms. The van der Waals surface area contributed by atoms with Crippen LogP contribution in [0.3, 0.4) is 0 Å². The highest BCUT2D eigenvalue weighted by atomic mass is 16.2. The smallest absolute Gasteiger partial charge is 0.229 e. The highest BCUT2D eigenvalue weighted by Gasteiger charge is 2.34. The van der Waals surface area contributed by atoms with E-state index in [0.717, 1.165) is 16.8 Å². The summed E-state index contributed by atoms with van der Waals surface area (Å²) < 4.78 is 0. The van der Waals surface area contributed by atoms with Crippen molar-refractivity contribution in [3.05, 3.63) is 54.6 Å². The van der Waals surface area contributed by atoms with Crippen molar-refractivity contribution in [1.82, 2.24) is 4.90 Å². The molecule has 4 heteroatoms. The minimum absolute atomic E-state index is 0.0743. The molecule has 130 valence electrons. The van der Waals surface area contributed by atoms with Crippen molar-refractivity contribution in [1.29, 1.82) is 0 Å². The molecule has 1 aliphatic rings. The third kappa shape index (κ3) is 4.08. The molecule has 0 aliphatic carbocycles. The van der Waals surface area contributed by atoms with Gasteiger partial charge in [0.1, 0.15) is 0 Å². The lowest BCUT2D eigenvalue weighted by Gasteiger charge is -2.19. The lowest BCUT2D eigenvalue weighted by atomic mass is 10.0. The van der Waals surface area contributed by atoms with Gasteiger partial charge in [0.2, 0.25) is 11.8 Å². The molecule has 0 radical (unpaired) electrons. The van der Waals surface area contributed by atoms with E-state index >= 15 is 0 Å². The van der Waals surface area contributed by atoms with Gasteiger partial charge in [0.25, 0.3) is 0 Å². The second-order valence-electron chi connectivity index (χ2n) is 6.99. The van der Waals surface area contributed by atoms with Gasteiger partial charge in [-0.25, -0.2) is 0 Å². The van der Waals surface area contributed by atoms with E-state index in [1.54, 1.807) is 4.90 Å². The summed E-state index contributed by atoms with van der Waals surface area (Å²) in [5, 5.41) is 3.03. The number of anilines is 1. The Labute approximate surface area is 148 Å². The Morgan fingerprint density at radius 3 is 2.52 bits per heavy atom. The normalized spacial score (nSPS) is 17.2. The molecular weight excluding hydrogens is 312 g/mol. The molecule has 1 heterocycles. The molecule has 3 rings (SSSR count). The van der Waals surface area contributed by atoms with Crippen molar-refractivity contribution in [2.75, 3.05) is 18.4 Å². The topological polar surface area (TPSA) is 49.4 Å². The van der Waals surface area contributed by atoms with Crippen LogP contribution in [-0.2, 0) is 9.59 Å². The predicted octanol–water partition coefficient (Wildman–Crippen LogP) is 3.80. The summed E-state index contributed by atoms with van der Waals surface area (Å²) in [6.45, 7) is 5.38. The average molecular weight is 336 g/mol. The van der Waals surface area contributed by atoms with Crippen molar-refractivity contribution in [2.45, 2.75) is 20.3 Å². The molecule has 1 N–H and O–H groups in total. The van der Waals surface area contributed by atoms with Crippen LogP contribution in [0, 0.1) is 11.8 Å². The average Bonchev–Trinajstić information content (AvgIpc) is 2.96. The Balaban J connectivity index is 1.73. The SMILES string of the molecule is CC(C)CN1C[C@@H](C(=O)Nc2ccccc2-c2ccccc2)CC1=O. The van der Waals surface area contributed by atoms with E-state index in [2.05, 4.69) is 19.2 Å². The van der Waals surface area contributed by atoms with Crippen LogP contribution in [0.1, 0.15) is 20.3 Å². The first-order chi connectivity index (χ1) is 12.0. The van der Waals surface area contributed by atoms with Crippen molar-refractivity contribution < 1.29 is 9.59 Å². The van der Waals surface area contributed by atoms with Gasteiger partial charge in [-0.1, -0.05) is 62.4 Å². The minimum atomic E-state index is -0.282. The van der Waals surface area contributed by atoms with E-state index in [-0.39, 0.29) is 17.7 Å². The first-order valence-electron chi connectivity index (χ1n) is 8.77. The maximum atomic E-state index is 12.7. The zero-order valence-corrected chi connectivity index (χ0v) is 14.7. The van der Waals surface area contributed by atoms with E-state index in [0.29, 0.717) is 25.4 Å². The number of amides is 2. The van der Waals surface area contributed by atoms with Gasteiger partial charge in [-0.15, -0.1) is 0 Å². The van der Waals surface area contributed by atoms with Crippen LogP contribution < -0.4 is 5.32 Å². The number of para-hydroxylation sites is 1. The fraction of sp³-hybridized carbons (Fsp3) is 0.333. The molecule has 2 aromatic rings. The van der Waals surface area contributed by atoms with Crippen LogP contribution in [0.25, 0.3) is 11.1 Å². The second kappa shape index (κ2) is 7.51. The number of rotatable bonds is 5. The lowest BCUT2D eigenvalue weighted by molar-refractivity contribution is -0.128. The number of carbonyl (C=O) groups excluding carboxylic acids is 2. The standard InChI is InChI=1S/C21H24N2O2/c1-15(2)13-23-14-17(12-20(23)24)21(25)22-19-11-7-6-10-18(19)16-8-4-3-5-9-16/h3-11,15,17H,12-14H2,1-2H3,(H,22,25)/t17-/m0/s1. The van der Waals surface area contributed by atoms with Gasteiger partial charge < -0.3 is 10.2 Å². The number of nitrogens with zero attached hydrogens (tertiary/aromatic N) is 1. The maximum Gasteiger partial charge on any atom is 0.229 e. The van der Waals surface area contributed by atoms with Gasteiger partial charge in [-0.05, 0) is 17.5 Å². The van der Waals surface area contributed by atoms with Crippen molar-refractivity contribution in [3.8, 4) is 11.1 Å². The van der Waals surface area contributed by atoms with Crippen molar-refractivity contribution in [2.24, 2.45) is 11.8 Å². The van der Waals surface area contributed by atoms with Gasteiger partial charge in [-0.3, -0.25) is 9.59 Å². The molecule has 1 atom stereocenters. The van der Waals surface area contributed by atoms with E-state index < -0.39 is 0 Å². The Morgan fingerprint density at radius 2 is 1.80 bits per heavy atom. The number of hydrogen-bond donors (Lipinski definition) is 1. The summed E-state index contributed by atoms with van der Waals surface area (Å²) in [5.74, 6) is 0.118. The molecule has 1 saturated heterocycles. The van der Waals surface area contributed by atoms with Gasteiger partial charge >= 0.3 is 0 Å². The lowest BCUT2D eigenvalue weighted by Crippen LogP contribution is -2.31. The molecule has 1 aliphatic heterocycles. The minimum Gasteiger partial charge on any atom is -0.342 e. The van der Waals surface area contributed by atoms with Crippen molar-refractivity contribution in [3.63, 3.8) is 0 Å². The van der Waals surface area contributed by atoms with Crippen LogP contribution >= 0.6 is 0 Å². The molecule has 4 nitrogen and oxygen atoms in total. The molecule has 0 saturated carbocycles. The summed E-state index contributed by atoms with van der Waals surface area (Å²) in [5.41, 5.74) is 2.83. The summed E-state index contributed by atoms with van der Waals surface area (Å²) in [7, 11) is 0. The van der Waals surface area contributed by atoms with Crippen LogP contribution in [0.15, 0.2) is 54.6 Å². The summed E-state index contributed by atoms with van der Waals surface area (Å²) in [6, 6.07) is 17.7. The van der Waals surface area contributed by atoms with Gasteiger partial charge in [0.15, 0.2) is 0 Å². The predicted molar refractivity (Wildman–Crippen MR) is 100 cm³/mol. The molecule has 0 bridgehead atoms. The molecule has 0 unspecified atom stereocenters. The fourth-order valence-corrected chi connectivity index (χ4v) is 3.26. The first kappa shape index (κ1) is 17.2. The number of benzene rings is 2. The van der Waals surface area contributed by atoms with Gasteiger partial charge in [-0.2, -0.15) is 0 Å². The molecular formula is C21H24N2O2. The zero-order valence-electron chi connectivity index (χ0n) is 14.7. The Hall–Kier alpha value is -2.62. The summed E-state index contributed by atoms with van der Waals surface area (Å²) in [6.07, 6.45) is 0.298. The summed E-state index contributed by atoms with van der Waals surface area (Å²) in [4.78, 5) is 26.6. The van der Waals surface area contributed by atoms with E-state index in [1.165, 1.54) is 0 Å². The second-order valence-corrected chi connectivity index (χ2v) is 6.99. The quantitative estimate of drug-likeness (QED) is 0.903. The number of hydrogen-bond acceptors (Lipinski definition) is 2. The number of likely N-dealkylation sites (tertiary alicyclic amines) is 1. The Bertz CT molecular complexity index is 756. The van der Waals surface area contributed by atoms with Crippen LogP contribution in [0.2, 0.25) is 0 Å². The Kier molecular flexibility index (Phi) is 5.17. The van der Waals surface area contributed by atoms with Crippen LogP contribution in [0.4, 0.5) is 5.69 Å². The maximum absolute atomic E-state index is 12.7. The third-order valence-electron chi connectivity index (χ3n) is 4.44. The molecule has 0 spiro atoms. The number of carbonyl (C=O) groups is 2. The monoisotopic (exact) mass is 336 g/mol. The van der Waals surface area contributed by atoms with Gasteiger partial charge in [0.05, 0.1) is 5.92 Å². The Morgan fingerprint density at radius 1 is 1.12 bits per heavy atom. The highest BCUT2D eigenvalue weighted by Crippen LogP contribution is 2.29. The molecule has 2 amide bonds. The number of nitrogens with one attached hydrogen (secondary N) is 1. The van der Waals surface area contributed by atoms with Crippen LogP contribution in [0.5, 0.6) is 0 Å². The van der Waals surface area contributed by atoms with Gasteiger partial charge in [0, 0.05) is 30.8 Å². The van der Waals surface area contributed by atoms with E-state index in [4.69, 9.17) is 0 Å². The third-order valence-corrected chi connectivity index (χ3v) is 4.44.